The van der Waals surface area contributed by atoms with Gasteiger partial charge < -0.3 is 4.57 Å². The summed E-state index contributed by atoms with van der Waals surface area (Å²) in [5.41, 5.74) is 0.868. The van der Waals surface area contributed by atoms with Crippen LogP contribution in [0, 0.1) is 0 Å². The largest absolute Gasteiger partial charge is 0.316 e. The number of thioether (sulfide) groups is 1. The maximum Gasteiger partial charge on any atom is 0.289 e. The van der Waals surface area contributed by atoms with Crippen molar-refractivity contribution in [2.75, 3.05) is 18.3 Å². The van der Waals surface area contributed by atoms with Gasteiger partial charge in [0.25, 0.3) is 5.91 Å². The highest BCUT2D eigenvalue weighted by Crippen LogP contribution is 2.24. The number of benzene rings is 1. The molecule has 0 unspecified atom stereocenters. The van der Waals surface area contributed by atoms with Crippen molar-refractivity contribution in [1.29, 1.82) is 0 Å². The van der Waals surface area contributed by atoms with Crippen molar-refractivity contribution >= 4 is 72.0 Å². The van der Waals surface area contributed by atoms with Crippen LogP contribution in [0.2, 0.25) is 4.34 Å². The Morgan fingerprint density at radius 3 is 2.65 bits per heavy atom. The molecule has 5 nitrogen and oxygen atoms in total. The summed E-state index contributed by atoms with van der Waals surface area (Å²) in [5, 5.41) is 0. The van der Waals surface area contributed by atoms with Crippen LogP contribution in [0.25, 0.3) is 10.2 Å². The van der Waals surface area contributed by atoms with Gasteiger partial charge in [-0.3, -0.25) is 4.79 Å². The van der Waals surface area contributed by atoms with E-state index in [-0.39, 0.29) is 10.8 Å². The number of amides is 1. The summed E-state index contributed by atoms with van der Waals surface area (Å²) in [4.78, 5) is 18.0. The van der Waals surface area contributed by atoms with Gasteiger partial charge in [0.2, 0.25) is 0 Å². The molecule has 0 N–H and O–H groups in total. The van der Waals surface area contributed by atoms with Crippen LogP contribution in [0.3, 0.4) is 0 Å². The Bertz CT molecular complexity index is 1140. The van der Waals surface area contributed by atoms with Crippen LogP contribution in [0.15, 0.2) is 40.2 Å². The summed E-state index contributed by atoms with van der Waals surface area (Å²) in [6.07, 6.45) is 3.19. The number of fused-ring (bicyclic) bond motifs is 1. The van der Waals surface area contributed by atoms with Gasteiger partial charge >= 0.3 is 0 Å². The molecule has 0 atom stereocenters. The Hall–Kier alpha value is -1.13. The third kappa shape index (κ3) is 4.23. The van der Waals surface area contributed by atoms with E-state index in [1.807, 2.05) is 10.8 Å². The number of hydrogen-bond acceptors (Lipinski definition) is 6. The summed E-state index contributed by atoms with van der Waals surface area (Å²) in [6.45, 7) is 0.677. The van der Waals surface area contributed by atoms with Crippen molar-refractivity contribution in [1.82, 2.24) is 4.57 Å². The molecule has 1 aromatic carbocycles. The number of nitrogens with zero attached hydrogens (tertiary/aromatic N) is 2. The molecule has 2 heterocycles. The zero-order valence-corrected chi connectivity index (χ0v) is 18.0. The number of halogens is 1. The Kier molecular flexibility index (Phi) is 5.93. The molecule has 10 heteroatoms. The fourth-order valence-corrected chi connectivity index (χ4v) is 5.45. The van der Waals surface area contributed by atoms with Crippen LogP contribution in [0.1, 0.15) is 9.67 Å². The molecule has 0 aliphatic carbocycles. The van der Waals surface area contributed by atoms with Gasteiger partial charge in [-0.1, -0.05) is 22.9 Å². The smallest absolute Gasteiger partial charge is 0.289 e. The van der Waals surface area contributed by atoms with E-state index in [0.717, 1.165) is 16.0 Å². The molecule has 138 valence electrons. The van der Waals surface area contributed by atoms with Crippen molar-refractivity contribution < 1.29 is 13.2 Å². The maximum atomic E-state index is 12.4. The topological polar surface area (TPSA) is 68.5 Å². The molecule has 1 amide bonds. The molecule has 2 aromatic heterocycles. The average molecular weight is 447 g/mol. The van der Waals surface area contributed by atoms with Crippen LogP contribution >= 0.6 is 46.0 Å². The Morgan fingerprint density at radius 1 is 1.27 bits per heavy atom. The Labute approximate surface area is 168 Å². The average Bonchev–Trinajstić information content (AvgIpc) is 3.15. The molecule has 0 radical (unpaired) electrons. The van der Waals surface area contributed by atoms with E-state index in [4.69, 9.17) is 11.6 Å². The van der Waals surface area contributed by atoms with Crippen LogP contribution in [0.5, 0.6) is 0 Å². The van der Waals surface area contributed by atoms with E-state index in [1.54, 1.807) is 42.1 Å². The number of thiazole rings is 1. The normalized spacial score (nSPS) is 12.8. The maximum absolute atomic E-state index is 12.4. The van der Waals surface area contributed by atoms with E-state index in [2.05, 4.69) is 4.99 Å². The van der Waals surface area contributed by atoms with Crippen molar-refractivity contribution in [3.05, 3.63) is 44.3 Å². The van der Waals surface area contributed by atoms with E-state index in [1.165, 1.54) is 28.9 Å². The number of rotatable bonds is 5. The van der Waals surface area contributed by atoms with Gasteiger partial charge in [-0.25, -0.2) is 8.42 Å². The van der Waals surface area contributed by atoms with Gasteiger partial charge in [0.15, 0.2) is 14.6 Å². The molecule has 26 heavy (non-hydrogen) atoms. The molecule has 0 aliphatic heterocycles. The lowest BCUT2D eigenvalue weighted by Crippen LogP contribution is -2.18. The highest BCUT2D eigenvalue weighted by molar-refractivity contribution is 7.98. The van der Waals surface area contributed by atoms with Gasteiger partial charge in [-0.15, -0.1) is 11.3 Å². The Balaban J connectivity index is 2.16. The summed E-state index contributed by atoms with van der Waals surface area (Å²) in [7, 11) is -3.30. The van der Waals surface area contributed by atoms with E-state index >= 15 is 0 Å². The molecule has 0 saturated carbocycles. The summed E-state index contributed by atoms with van der Waals surface area (Å²) in [6, 6.07) is 8.31. The summed E-state index contributed by atoms with van der Waals surface area (Å²) >= 11 is 10.1. The molecule has 3 rings (SSSR count). The SMILES string of the molecule is CSCCn1c(=NC(=O)c2ccc(Cl)s2)sc2cc(S(C)(=O)=O)ccc21. The number of sulfone groups is 1. The van der Waals surface area contributed by atoms with Crippen LogP contribution in [0.4, 0.5) is 0 Å². The first kappa shape index (κ1) is 19.6. The number of aromatic nitrogens is 1. The molecular weight excluding hydrogens is 432 g/mol. The Morgan fingerprint density at radius 2 is 2.04 bits per heavy atom. The van der Waals surface area contributed by atoms with Gasteiger partial charge in [0.05, 0.1) is 24.3 Å². The minimum absolute atomic E-state index is 0.256. The van der Waals surface area contributed by atoms with E-state index in [9.17, 15) is 13.2 Å². The van der Waals surface area contributed by atoms with Crippen molar-refractivity contribution in [2.45, 2.75) is 11.4 Å². The molecule has 0 spiro atoms. The summed E-state index contributed by atoms with van der Waals surface area (Å²) < 4.78 is 26.9. The molecule has 0 bridgehead atoms. The predicted molar refractivity (Wildman–Crippen MR) is 111 cm³/mol. The lowest BCUT2D eigenvalue weighted by atomic mass is 10.3. The number of carbonyl (C=O) groups is 1. The monoisotopic (exact) mass is 446 g/mol. The fourth-order valence-electron chi connectivity index (χ4n) is 2.34. The standard InChI is InChI=1S/C16H15ClN2O3S4/c1-23-8-7-19-11-4-3-10(26(2,21)22)9-13(11)25-16(19)18-15(20)12-5-6-14(17)24-12/h3-6,9H,7-8H2,1-2H3. The zero-order valence-electron chi connectivity index (χ0n) is 13.9. The number of thiophene rings is 1. The lowest BCUT2D eigenvalue weighted by Gasteiger charge is -2.04. The third-order valence-corrected chi connectivity index (χ3v) is 7.54. The van der Waals surface area contributed by atoms with Crippen molar-refractivity contribution in [3.8, 4) is 0 Å². The lowest BCUT2D eigenvalue weighted by molar-refractivity contribution is 0.100. The second-order valence-electron chi connectivity index (χ2n) is 5.45. The highest BCUT2D eigenvalue weighted by atomic mass is 35.5. The minimum atomic E-state index is -3.30. The number of hydrogen-bond donors (Lipinski definition) is 0. The van der Waals surface area contributed by atoms with Gasteiger partial charge in [0, 0.05) is 18.6 Å². The van der Waals surface area contributed by atoms with Crippen LogP contribution in [-0.4, -0.2) is 37.2 Å². The minimum Gasteiger partial charge on any atom is -0.316 e. The van der Waals surface area contributed by atoms with Gasteiger partial charge in [0.1, 0.15) is 0 Å². The fraction of sp³-hybridized carbons (Fsp3) is 0.250. The van der Waals surface area contributed by atoms with Gasteiger partial charge in [-0.05, 0) is 36.6 Å². The van der Waals surface area contributed by atoms with Crippen LogP contribution in [-0.2, 0) is 16.4 Å². The highest BCUT2D eigenvalue weighted by Gasteiger charge is 2.14. The molecule has 3 aromatic rings. The molecule has 0 saturated heterocycles. The first-order chi connectivity index (χ1) is 12.3. The molecule has 0 fully saturated rings. The second-order valence-corrected chi connectivity index (χ2v) is 11.2. The van der Waals surface area contributed by atoms with Crippen LogP contribution < -0.4 is 4.80 Å². The quantitative estimate of drug-likeness (QED) is 0.595. The van der Waals surface area contributed by atoms with E-state index in [0.29, 0.717) is 20.6 Å². The first-order valence-electron chi connectivity index (χ1n) is 7.46. The van der Waals surface area contributed by atoms with Gasteiger partial charge in [-0.2, -0.15) is 16.8 Å². The second kappa shape index (κ2) is 7.85. The predicted octanol–water partition coefficient (Wildman–Crippen LogP) is 3.93. The first-order valence-corrected chi connectivity index (χ1v) is 12.8. The third-order valence-electron chi connectivity index (χ3n) is 3.58. The van der Waals surface area contributed by atoms with Crippen molar-refractivity contribution in [3.63, 3.8) is 0 Å². The summed E-state index contributed by atoms with van der Waals surface area (Å²) in [5.74, 6) is 0.501. The zero-order chi connectivity index (χ0) is 18.9. The molecule has 0 aliphatic rings. The molecular formula is C16H15ClN2O3S4. The van der Waals surface area contributed by atoms with Crippen molar-refractivity contribution in [2.24, 2.45) is 4.99 Å². The number of carbonyl (C=O) groups excluding carboxylic acids is 1. The van der Waals surface area contributed by atoms with E-state index < -0.39 is 9.84 Å². The number of aryl methyl sites for hydroxylation is 1.